The van der Waals surface area contributed by atoms with Gasteiger partial charge in [-0.1, -0.05) is 11.6 Å². The molecule has 1 aromatic rings. The Balaban J connectivity index is 2.04. The molecule has 0 aliphatic carbocycles. The molecule has 0 aromatic carbocycles. The first-order chi connectivity index (χ1) is 10.8. The Hall–Kier alpha value is -1.21. The van der Waals surface area contributed by atoms with Crippen LogP contribution in [0.25, 0.3) is 0 Å². The number of piperidine rings is 1. The molecule has 0 radical (unpaired) electrons. The van der Waals surface area contributed by atoms with Crippen molar-refractivity contribution in [1.29, 1.82) is 0 Å². The zero-order valence-electron chi connectivity index (χ0n) is 13.6. The molecule has 0 bridgehead atoms. The summed E-state index contributed by atoms with van der Waals surface area (Å²) >= 11 is 5.74. The largest absolute Gasteiger partial charge is 0.444 e. The Morgan fingerprint density at radius 2 is 2.04 bits per heavy atom. The Kier molecular flexibility index (Phi) is 5.97. The minimum atomic E-state index is -1.38. The van der Waals surface area contributed by atoms with E-state index in [-0.39, 0.29) is 17.3 Å². The molecule has 128 valence electrons. The van der Waals surface area contributed by atoms with Crippen LogP contribution in [0, 0.1) is 0 Å². The van der Waals surface area contributed by atoms with Crippen LogP contribution in [0.4, 0.5) is 4.79 Å². The van der Waals surface area contributed by atoms with Crippen LogP contribution in [0.2, 0.25) is 5.02 Å². The predicted molar refractivity (Wildman–Crippen MR) is 88.9 cm³/mol. The van der Waals surface area contributed by atoms with Crippen molar-refractivity contribution in [3.63, 3.8) is 0 Å². The first-order valence-corrected chi connectivity index (χ1v) is 9.31. The zero-order valence-corrected chi connectivity index (χ0v) is 15.2. The number of rotatable bonds is 3. The fourth-order valence-corrected chi connectivity index (χ4v) is 3.69. The summed E-state index contributed by atoms with van der Waals surface area (Å²) in [6, 6.07) is -0.126. The summed E-state index contributed by atoms with van der Waals surface area (Å²) in [5.41, 5.74) is -0.544. The average molecular weight is 360 g/mol. The topological polar surface area (TPSA) is 72.4 Å². The van der Waals surface area contributed by atoms with E-state index in [0.29, 0.717) is 17.3 Å². The molecule has 0 spiro atoms. The highest BCUT2D eigenvalue weighted by Crippen LogP contribution is 2.22. The van der Waals surface area contributed by atoms with Gasteiger partial charge >= 0.3 is 6.09 Å². The SMILES string of the molecule is CC(C)(C)OC(=O)N1CCCCC1CS(=O)c1ncc(Cl)cn1. The molecule has 2 rings (SSSR count). The highest BCUT2D eigenvalue weighted by Gasteiger charge is 2.32. The summed E-state index contributed by atoms with van der Waals surface area (Å²) in [6.45, 7) is 6.13. The third-order valence-corrected chi connectivity index (χ3v) is 4.90. The summed E-state index contributed by atoms with van der Waals surface area (Å²) in [4.78, 5) is 22.0. The highest BCUT2D eigenvalue weighted by molar-refractivity contribution is 7.84. The van der Waals surface area contributed by atoms with Crippen LogP contribution in [0.5, 0.6) is 0 Å². The number of likely N-dealkylation sites (tertiary alicyclic amines) is 1. The van der Waals surface area contributed by atoms with E-state index in [0.717, 1.165) is 19.3 Å². The molecule has 0 saturated carbocycles. The lowest BCUT2D eigenvalue weighted by atomic mass is 10.0. The summed E-state index contributed by atoms with van der Waals surface area (Å²) in [6.07, 6.45) is 5.24. The van der Waals surface area contributed by atoms with Crippen molar-refractivity contribution < 1.29 is 13.7 Å². The Morgan fingerprint density at radius 1 is 1.39 bits per heavy atom. The Morgan fingerprint density at radius 3 is 2.65 bits per heavy atom. The number of ether oxygens (including phenoxy) is 1. The second-order valence-corrected chi connectivity index (χ2v) is 8.35. The van der Waals surface area contributed by atoms with E-state index in [2.05, 4.69) is 9.97 Å². The van der Waals surface area contributed by atoms with Crippen molar-refractivity contribution in [2.75, 3.05) is 12.3 Å². The normalized spacial score (nSPS) is 20.2. The molecule has 23 heavy (non-hydrogen) atoms. The van der Waals surface area contributed by atoms with E-state index in [4.69, 9.17) is 16.3 Å². The zero-order chi connectivity index (χ0) is 17.0. The van der Waals surface area contributed by atoms with Gasteiger partial charge in [0.15, 0.2) is 0 Å². The molecule has 8 heteroatoms. The van der Waals surface area contributed by atoms with Crippen LogP contribution in [0.3, 0.4) is 0 Å². The van der Waals surface area contributed by atoms with Crippen LogP contribution < -0.4 is 0 Å². The minimum absolute atomic E-state index is 0.126. The number of hydrogen-bond donors (Lipinski definition) is 0. The third kappa shape index (κ3) is 5.42. The molecule has 6 nitrogen and oxygen atoms in total. The molecule has 1 saturated heterocycles. The minimum Gasteiger partial charge on any atom is -0.444 e. The van der Waals surface area contributed by atoms with Gasteiger partial charge in [-0.25, -0.2) is 14.8 Å². The molecule has 2 heterocycles. The summed E-state index contributed by atoms with van der Waals surface area (Å²) in [7, 11) is -1.38. The third-order valence-electron chi connectivity index (χ3n) is 3.40. The monoisotopic (exact) mass is 359 g/mol. The van der Waals surface area contributed by atoms with Gasteiger partial charge in [-0.15, -0.1) is 0 Å². The number of halogens is 1. The molecular formula is C15H22ClN3O3S. The lowest BCUT2D eigenvalue weighted by Gasteiger charge is -2.36. The number of nitrogens with zero attached hydrogens (tertiary/aromatic N) is 3. The molecule has 0 N–H and O–H groups in total. The van der Waals surface area contributed by atoms with Crippen molar-refractivity contribution in [3.05, 3.63) is 17.4 Å². The lowest BCUT2D eigenvalue weighted by molar-refractivity contribution is 0.0125. The molecule has 2 unspecified atom stereocenters. The maximum atomic E-state index is 12.4. The van der Waals surface area contributed by atoms with E-state index in [1.807, 2.05) is 20.8 Å². The van der Waals surface area contributed by atoms with Crippen molar-refractivity contribution in [3.8, 4) is 0 Å². The van der Waals surface area contributed by atoms with Gasteiger partial charge in [0.05, 0.1) is 34.0 Å². The van der Waals surface area contributed by atoms with E-state index in [9.17, 15) is 9.00 Å². The summed E-state index contributed by atoms with van der Waals surface area (Å²) in [5, 5.41) is 0.642. The van der Waals surface area contributed by atoms with Crippen LogP contribution in [0.15, 0.2) is 17.6 Å². The molecule has 1 aliphatic rings. The van der Waals surface area contributed by atoms with Gasteiger partial charge < -0.3 is 9.64 Å². The van der Waals surface area contributed by atoms with Gasteiger partial charge in [0.1, 0.15) is 5.60 Å². The fourth-order valence-electron chi connectivity index (χ4n) is 2.40. The van der Waals surface area contributed by atoms with Crippen LogP contribution in [0.1, 0.15) is 40.0 Å². The fraction of sp³-hybridized carbons (Fsp3) is 0.667. The maximum Gasteiger partial charge on any atom is 0.410 e. The molecular weight excluding hydrogens is 338 g/mol. The maximum absolute atomic E-state index is 12.4. The second-order valence-electron chi connectivity index (χ2n) is 6.52. The molecule has 1 fully saturated rings. The summed E-state index contributed by atoms with van der Waals surface area (Å²) < 4.78 is 17.9. The first kappa shape index (κ1) is 18.1. The molecule has 1 amide bonds. The lowest BCUT2D eigenvalue weighted by Crippen LogP contribution is -2.48. The standard InChI is InChI=1S/C15H22ClN3O3S/c1-15(2,3)22-14(20)19-7-5-4-6-12(19)10-23(21)13-17-8-11(16)9-18-13/h8-9,12H,4-7,10H2,1-3H3. The van der Waals surface area contributed by atoms with Crippen LogP contribution in [-0.2, 0) is 15.5 Å². The number of hydrogen-bond acceptors (Lipinski definition) is 5. The molecule has 1 aromatic heterocycles. The van der Waals surface area contributed by atoms with E-state index in [1.54, 1.807) is 4.90 Å². The highest BCUT2D eigenvalue weighted by atomic mass is 35.5. The summed E-state index contributed by atoms with van der Waals surface area (Å²) in [5.74, 6) is 0.306. The second kappa shape index (κ2) is 7.57. The average Bonchev–Trinajstić information content (AvgIpc) is 2.46. The predicted octanol–water partition coefficient (Wildman–Crippen LogP) is 3.03. The van der Waals surface area contributed by atoms with Gasteiger partial charge in [0.25, 0.3) is 0 Å². The number of carbonyl (C=O) groups excluding carboxylic acids is 1. The van der Waals surface area contributed by atoms with E-state index in [1.165, 1.54) is 12.4 Å². The number of aromatic nitrogens is 2. The van der Waals surface area contributed by atoms with Crippen molar-refractivity contribution in [1.82, 2.24) is 14.9 Å². The van der Waals surface area contributed by atoms with E-state index >= 15 is 0 Å². The van der Waals surface area contributed by atoms with Crippen molar-refractivity contribution in [2.45, 2.75) is 56.8 Å². The number of carbonyl (C=O) groups is 1. The quantitative estimate of drug-likeness (QED) is 0.775. The number of amides is 1. The Labute approximate surface area is 144 Å². The van der Waals surface area contributed by atoms with Gasteiger partial charge in [0, 0.05) is 12.6 Å². The molecule has 2 atom stereocenters. The van der Waals surface area contributed by atoms with E-state index < -0.39 is 16.4 Å². The van der Waals surface area contributed by atoms with Crippen LogP contribution in [-0.4, -0.2) is 49.1 Å². The van der Waals surface area contributed by atoms with Gasteiger partial charge in [-0.05, 0) is 40.0 Å². The Bertz CT molecular complexity index is 574. The van der Waals surface area contributed by atoms with Crippen molar-refractivity contribution >= 4 is 28.5 Å². The molecule has 1 aliphatic heterocycles. The first-order valence-electron chi connectivity index (χ1n) is 7.62. The van der Waals surface area contributed by atoms with Crippen LogP contribution >= 0.6 is 11.6 Å². The smallest absolute Gasteiger partial charge is 0.410 e. The van der Waals surface area contributed by atoms with Gasteiger partial charge in [-0.3, -0.25) is 4.21 Å². The van der Waals surface area contributed by atoms with Gasteiger partial charge in [-0.2, -0.15) is 0 Å². The van der Waals surface area contributed by atoms with Crippen molar-refractivity contribution in [2.24, 2.45) is 0 Å². The van der Waals surface area contributed by atoms with Gasteiger partial charge in [0.2, 0.25) is 5.16 Å².